The lowest BCUT2D eigenvalue weighted by Crippen LogP contribution is -2.58. The van der Waals surface area contributed by atoms with Crippen LogP contribution in [0, 0.1) is 5.92 Å². The summed E-state index contributed by atoms with van der Waals surface area (Å²) >= 11 is 0. The van der Waals surface area contributed by atoms with Gasteiger partial charge in [0.15, 0.2) is 6.61 Å². The fraction of sp³-hybridized carbons (Fsp3) is 0.467. The number of hydrogen-bond donors (Lipinski definition) is 4. The Morgan fingerprint density at radius 3 is 2.52 bits per heavy atom. The van der Waals surface area contributed by atoms with Crippen LogP contribution in [0.4, 0.5) is 0 Å². The van der Waals surface area contributed by atoms with Crippen LogP contribution in [0.1, 0.15) is 44.7 Å². The van der Waals surface area contributed by atoms with Crippen molar-refractivity contribution < 1.29 is 28.7 Å². The summed E-state index contributed by atoms with van der Waals surface area (Å²) in [5, 5.41) is 11.1. The van der Waals surface area contributed by atoms with Crippen LogP contribution in [0.3, 0.4) is 0 Å². The second-order valence-electron chi connectivity index (χ2n) is 11.0. The summed E-state index contributed by atoms with van der Waals surface area (Å²) < 4.78 is 5.64. The van der Waals surface area contributed by atoms with E-state index in [4.69, 9.17) is 4.74 Å². The Morgan fingerprint density at radius 1 is 1.07 bits per heavy atom. The predicted molar refractivity (Wildman–Crippen MR) is 153 cm³/mol. The number of fused-ring (bicyclic) bond motifs is 13. The molecule has 3 aliphatic heterocycles. The smallest absolute Gasteiger partial charge is 0.258 e. The number of nitrogens with one attached hydrogen (secondary N) is 4. The van der Waals surface area contributed by atoms with Crippen molar-refractivity contribution in [3.8, 4) is 5.75 Å². The molecule has 2 aromatic rings. The van der Waals surface area contributed by atoms with Gasteiger partial charge in [0.1, 0.15) is 29.9 Å². The average Bonchev–Trinajstić information content (AvgIpc) is 3.48. The highest BCUT2D eigenvalue weighted by Crippen LogP contribution is 2.21. The third-order valence-electron chi connectivity index (χ3n) is 7.40. The lowest BCUT2D eigenvalue weighted by atomic mass is 10.0. The van der Waals surface area contributed by atoms with E-state index in [0.717, 1.165) is 11.1 Å². The molecular formula is C30H38N6O6. The van der Waals surface area contributed by atoms with E-state index in [1.807, 2.05) is 19.9 Å². The molecule has 0 saturated carbocycles. The minimum Gasteiger partial charge on any atom is -0.484 e. The topological polar surface area (TPSA) is 159 Å². The predicted octanol–water partition coefficient (Wildman–Crippen LogP) is 0.454. The summed E-state index contributed by atoms with van der Waals surface area (Å²) in [7, 11) is 0. The van der Waals surface area contributed by atoms with Crippen LogP contribution >= 0.6 is 0 Å². The van der Waals surface area contributed by atoms with Gasteiger partial charge < -0.3 is 30.9 Å². The van der Waals surface area contributed by atoms with Crippen molar-refractivity contribution in [3.63, 3.8) is 0 Å². The van der Waals surface area contributed by atoms with Gasteiger partial charge in [-0.2, -0.15) is 0 Å². The molecule has 1 fully saturated rings. The first-order valence-electron chi connectivity index (χ1n) is 14.2. The third-order valence-corrected chi connectivity index (χ3v) is 7.40. The zero-order valence-electron chi connectivity index (χ0n) is 24.1. The van der Waals surface area contributed by atoms with Gasteiger partial charge in [0.25, 0.3) is 5.91 Å². The van der Waals surface area contributed by atoms with Crippen molar-refractivity contribution in [2.45, 2.75) is 70.7 Å². The SMILES string of the molecule is CC(C)[C@@H]1NC(=O)COc2ccc(cc2)C[C@@H](C(=O)NCc2cccnc2)NC(=O)[C@H](C)NC(=O)[C@H]2CCCN2C1=O. The molecule has 0 spiro atoms. The standard InChI is InChI=1S/C30H38N6O6/c1-18(2)26-30(41)36-13-5-7-24(36)29(40)33-19(3)27(38)34-23(28(39)32-16-21-6-4-12-31-15-21)14-20-8-10-22(11-9-20)42-17-25(37)35-26/h4,6,8-12,15,18-19,23-24,26H,5,7,13-14,16-17H2,1-3H3,(H,32,39)(H,33,40)(H,34,38)(H,35,37)/t19-,23-,24+,26-/m0/s1. The number of carbonyl (C=O) groups is 5. The quantitative estimate of drug-likeness (QED) is 0.410. The molecule has 4 N–H and O–H groups in total. The van der Waals surface area contributed by atoms with Gasteiger partial charge in [-0.15, -0.1) is 0 Å². The lowest BCUT2D eigenvalue weighted by Gasteiger charge is -2.31. The van der Waals surface area contributed by atoms with Gasteiger partial charge >= 0.3 is 0 Å². The summed E-state index contributed by atoms with van der Waals surface area (Å²) in [5.41, 5.74) is 1.55. The van der Waals surface area contributed by atoms with E-state index in [-0.39, 0.29) is 31.4 Å². The summed E-state index contributed by atoms with van der Waals surface area (Å²) in [6.45, 7) is 5.45. The van der Waals surface area contributed by atoms with E-state index in [2.05, 4.69) is 26.3 Å². The molecule has 5 rings (SSSR count). The summed E-state index contributed by atoms with van der Waals surface area (Å²) in [6, 6.07) is 6.90. The van der Waals surface area contributed by atoms with Gasteiger partial charge in [0.2, 0.25) is 23.6 Å². The zero-order chi connectivity index (χ0) is 30.2. The normalized spacial score (nSPS) is 24.0. The van der Waals surface area contributed by atoms with E-state index < -0.39 is 47.8 Å². The molecule has 1 saturated heterocycles. The van der Waals surface area contributed by atoms with Crippen LogP contribution < -0.4 is 26.0 Å². The Hall–Kier alpha value is -4.48. The molecule has 1 aromatic heterocycles. The van der Waals surface area contributed by atoms with E-state index in [1.165, 1.54) is 11.8 Å². The Kier molecular flexibility index (Phi) is 10.1. The van der Waals surface area contributed by atoms with Crippen molar-refractivity contribution in [1.29, 1.82) is 0 Å². The van der Waals surface area contributed by atoms with Crippen LogP contribution in [0.2, 0.25) is 0 Å². The number of rotatable bonds is 4. The zero-order valence-corrected chi connectivity index (χ0v) is 24.1. The van der Waals surface area contributed by atoms with Crippen molar-refractivity contribution in [1.82, 2.24) is 31.2 Å². The van der Waals surface area contributed by atoms with Gasteiger partial charge in [0.05, 0.1) is 0 Å². The number of amides is 5. The first kappa shape index (κ1) is 30.5. The van der Waals surface area contributed by atoms with E-state index in [0.29, 0.717) is 25.1 Å². The molecule has 12 nitrogen and oxygen atoms in total. The number of hydrogen-bond acceptors (Lipinski definition) is 7. The molecule has 4 atom stereocenters. The lowest BCUT2D eigenvalue weighted by molar-refractivity contribution is -0.143. The van der Waals surface area contributed by atoms with E-state index in [9.17, 15) is 24.0 Å². The summed E-state index contributed by atoms with van der Waals surface area (Å²) in [6.07, 6.45) is 4.49. The van der Waals surface area contributed by atoms with Gasteiger partial charge in [-0.1, -0.05) is 32.0 Å². The molecule has 1 aromatic carbocycles. The average molecular weight is 579 g/mol. The van der Waals surface area contributed by atoms with Crippen LogP contribution in [0.25, 0.3) is 0 Å². The number of ether oxygens (including phenoxy) is 1. The Balaban J connectivity index is 1.57. The van der Waals surface area contributed by atoms with Crippen molar-refractivity contribution in [2.75, 3.05) is 13.2 Å². The van der Waals surface area contributed by atoms with Crippen molar-refractivity contribution in [2.24, 2.45) is 5.92 Å². The molecule has 12 heteroatoms. The number of carbonyl (C=O) groups excluding carboxylic acids is 5. The Labute approximate surface area is 245 Å². The number of benzene rings is 1. The second kappa shape index (κ2) is 13.9. The minimum absolute atomic E-state index is 0.174. The molecule has 42 heavy (non-hydrogen) atoms. The van der Waals surface area contributed by atoms with Gasteiger partial charge in [-0.3, -0.25) is 29.0 Å². The fourth-order valence-electron chi connectivity index (χ4n) is 5.01. The fourth-order valence-corrected chi connectivity index (χ4v) is 5.01. The van der Waals surface area contributed by atoms with Gasteiger partial charge in [-0.05, 0) is 55.0 Å². The number of pyridine rings is 1. The van der Waals surface area contributed by atoms with E-state index >= 15 is 0 Å². The molecular weight excluding hydrogens is 540 g/mol. The molecule has 224 valence electrons. The molecule has 0 radical (unpaired) electrons. The maximum absolute atomic E-state index is 13.5. The molecule has 0 unspecified atom stereocenters. The Morgan fingerprint density at radius 2 is 1.83 bits per heavy atom. The highest BCUT2D eigenvalue weighted by Gasteiger charge is 2.39. The maximum atomic E-state index is 13.5. The molecule has 5 amide bonds. The van der Waals surface area contributed by atoms with Crippen LogP contribution in [0.15, 0.2) is 48.8 Å². The molecule has 0 aliphatic carbocycles. The highest BCUT2D eigenvalue weighted by molar-refractivity contribution is 5.96. The van der Waals surface area contributed by atoms with Crippen LogP contribution in [-0.4, -0.2) is 76.7 Å². The first-order chi connectivity index (χ1) is 20.1. The third kappa shape index (κ3) is 7.83. The second-order valence-corrected chi connectivity index (χ2v) is 11.0. The Bertz CT molecular complexity index is 1280. The van der Waals surface area contributed by atoms with E-state index in [1.54, 1.807) is 42.7 Å². The van der Waals surface area contributed by atoms with Crippen molar-refractivity contribution >= 4 is 29.5 Å². The van der Waals surface area contributed by atoms with Crippen LogP contribution in [0.5, 0.6) is 5.75 Å². The monoisotopic (exact) mass is 578 g/mol. The minimum atomic E-state index is -0.970. The highest BCUT2D eigenvalue weighted by atomic mass is 16.5. The molecule has 3 aliphatic rings. The van der Waals surface area contributed by atoms with Crippen molar-refractivity contribution in [3.05, 3.63) is 59.9 Å². The molecule has 4 heterocycles. The van der Waals surface area contributed by atoms with Gasteiger partial charge in [-0.25, -0.2) is 0 Å². The number of aromatic nitrogens is 1. The number of nitrogens with zero attached hydrogens (tertiary/aromatic N) is 2. The van der Waals surface area contributed by atoms with Gasteiger partial charge in [0, 0.05) is 31.9 Å². The first-order valence-corrected chi connectivity index (χ1v) is 14.2. The largest absolute Gasteiger partial charge is 0.484 e. The summed E-state index contributed by atoms with van der Waals surface area (Å²) in [5.74, 6) is -2.02. The summed E-state index contributed by atoms with van der Waals surface area (Å²) in [4.78, 5) is 71.4. The molecule has 2 bridgehead atoms. The van der Waals surface area contributed by atoms with Crippen LogP contribution in [-0.2, 0) is 36.9 Å². The maximum Gasteiger partial charge on any atom is 0.258 e.